The molecule has 1 amide bonds. The predicted octanol–water partition coefficient (Wildman–Crippen LogP) is 7.06. The molecule has 4 rings (SSSR count). The summed E-state index contributed by atoms with van der Waals surface area (Å²) in [4.78, 5) is 18.6. The molecule has 6 nitrogen and oxygen atoms in total. The molecule has 10 heteroatoms. The molecule has 4 aromatic rings. The molecule has 1 aromatic heterocycles. The molecule has 0 radical (unpaired) electrons. The highest BCUT2D eigenvalue weighted by Crippen LogP contribution is 2.38. The zero-order valence-corrected chi connectivity index (χ0v) is 22.0. The third kappa shape index (κ3) is 6.81. The van der Waals surface area contributed by atoms with E-state index in [1.807, 2.05) is 30.3 Å². The van der Waals surface area contributed by atoms with E-state index in [-0.39, 0.29) is 16.8 Å². The van der Waals surface area contributed by atoms with Gasteiger partial charge in [-0.2, -0.15) is 0 Å². The highest BCUT2D eigenvalue weighted by molar-refractivity contribution is 9.10. The molecular formula is C26H19BrFN3O3S2. The average molecular weight is 584 g/mol. The minimum atomic E-state index is -0.405. The maximum Gasteiger partial charge on any atom is 0.257 e. The van der Waals surface area contributed by atoms with Gasteiger partial charge in [-0.1, -0.05) is 36.0 Å². The van der Waals surface area contributed by atoms with Gasteiger partial charge in [0.05, 0.1) is 11.6 Å². The van der Waals surface area contributed by atoms with E-state index in [2.05, 4.69) is 31.5 Å². The van der Waals surface area contributed by atoms with Gasteiger partial charge >= 0.3 is 0 Å². The molecule has 0 bridgehead atoms. The van der Waals surface area contributed by atoms with E-state index in [0.717, 1.165) is 15.5 Å². The van der Waals surface area contributed by atoms with E-state index in [1.54, 1.807) is 43.6 Å². The second kappa shape index (κ2) is 12.0. The molecule has 1 heterocycles. The van der Waals surface area contributed by atoms with Crippen molar-refractivity contribution in [1.29, 1.82) is 0 Å². The summed E-state index contributed by atoms with van der Waals surface area (Å²) >= 11 is 10.1. The van der Waals surface area contributed by atoms with Gasteiger partial charge < -0.3 is 14.8 Å². The summed E-state index contributed by atoms with van der Waals surface area (Å²) < 4.78 is 25.4. The van der Waals surface area contributed by atoms with Gasteiger partial charge in [0.1, 0.15) is 17.3 Å². The summed E-state index contributed by atoms with van der Waals surface area (Å²) in [5, 5.41) is 5.59. The molecule has 0 aliphatic carbocycles. The van der Waals surface area contributed by atoms with Crippen molar-refractivity contribution in [3.8, 4) is 17.2 Å². The Balaban J connectivity index is 1.59. The number of rotatable bonds is 7. The van der Waals surface area contributed by atoms with Crippen molar-refractivity contribution in [2.75, 3.05) is 12.4 Å². The van der Waals surface area contributed by atoms with Crippen LogP contribution < -0.4 is 20.1 Å². The summed E-state index contributed by atoms with van der Waals surface area (Å²) in [6.07, 6.45) is 1.65. The first-order valence-corrected chi connectivity index (χ1v) is 12.6. The Labute approximate surface area is 225 Å². The van der Waals surface area contributed by atoms with Gasteiger partial charge in [-0.05, 0) is 76.7 Å². The summed E-state index contributed by atoms with van der Waals surface area (Å²) in [6.45, 7) is 0. The van der Waals surface area contributed by atoms with Crippen LogP contribution in [0.2, 0.25) is 0 Å². The fraction of sp³-hybridized carbons (Fsp3) is 0.0385. The van der Waals surface area contributed by atoms with E-state index in [1.165, 1.54) is 30.0 Å². The molecule has 0 fully saturated rings. The number of anilines is 1. The van der Waals surface area contributed by atoms with Crippen molar-refractivity contribution < 1.29 is 18.7 Å². The monoisotopic (exact) mass is 583 g/mol. The predicted molar refractivity (Wildman–Crippen MR) is 146 cm³/mol. The average Bonchev–Trinajstić information content (AvgIpc) is 2.87. The van der Waals surface area contributed by atoms with E-state index in [9.17, 15) is 9.18 Å². The molecule has 0 saturated carbocycles. The Morgan fingerprint density at radius 1 is 1.00 bits per heavy atom. The lowest BCUT2D eigenvalue weighted by atomic mass is 10.2. The smallest absolute Gasteiger partial charge is 0.257 e. The van der Waals surface area contributed by atoms with Gasteiger partial charge in [0.15, 0.2) is 16.7 Å². The van der Waals surface area contributed by atoms with Crippen molar-refractivity contribution in [3.63, 3.8) is 0 Å². The zero-order chi connectivity index (χ0) is 25.5. The number of hydrogen-bond acceptors (Lipinski definition) is 6. The van der Waals surface area contributed by atoms with Crippen LogP contribution in [0.3, 0.4) is 0 Å². The molecule has 0 atom stereocenters. The molecule has 0 saturated heterocycles. The van der Waals surface area contributed by atoms with Crippen LogP contribution in [0.4, 0.5) is 10.2 Å². The first kappa shape index (κ1) is 25.6. The van der Waals surface area contributed by atoms with Crippen molar-refractivity contribution in [2.45, 2.75) is 9.79 Å². The number of hydrogen-bond donors (Lipinski definition) is 2. The Morgan fingerprint density at radius 3 is 2.56 bits per heavy atom. The molecule has 0 unspecified atom stereocenters. The number of aromatic nitrogens is 1. The van der Waals surface area contributed by atoms with Crippen LogP contribution in [0.5, 0.6) is 17.2 Å². The third-order valence-electron chi connectivity index (χ3n) is 4.71. The second-order valence-electron chi connectivity index (χ2n) is 7.25. The van der Waals surface area contributed by atoms with Crippen LogP contribution in [-0.2, 0) is 0 Å². The number of thiocarbonyl (C=S) groups is 1. The standard InChI is InChI=1S/C26H19BrFN3O3S2/c1-33-18-8-5-9-19(13-18)36-20-14-23(34-22-11-10-17(28)12-21(22)27)24(29-15-20)30-26(35)31-25(32)16-6-3-2-4-7-16/h2-15H,1H3,(H2,29,30,31,32,35). The number of methoxy groups -OCH3 is 1. The molecule has 0 spiro atoms. The van der Waals surface area contributed by atoms with E-state index < -0.39 is 5.82 Å². The number of carbonyl (C=O) groups is 1. The molecule has 3 aromatic carbocycles. The molecule has 2 N–H and O–H groups in total. The third-order valence-corrected chi connectivity index (χ3v) is 6.49. The second-order valence-corrected chi connectivity index (χ2v) is 9.66. The van der Waals surface area contributed by atoms with Crippen molar-refractivity contribution >= 4 is 56.7 Å². The highest BCUT2D eigenvalue weighted by atomic mass is 79.9. The summed E-state index contributed by atoms with van der Waals surface area (Å²) in [6, 6.07) is 22.2. The molecule has 182 valence electrons. The fourth-order valence-electron chi connectivity index (χ4n) is 3.03. The molecular weight excluding hydrogens is 565 g/mol. The molecule has 0 aliphatic heterocycles. The van der Waals surface area contributed by atoms with Gasteiger partial charge in [0.25, 0.3) is 5.91 Å². The number of carbonyl (C=O) groups excluding carboxylic acids is 1. The number of pyridine rings is 1. The number of nitrogens with zero attached hydrogens (tertiary/aromatic N) is 1. The van der Waals surface area contributed by atoms with Gasteiger partial charge in [-0.3, -0.25) is 10.1 Å². The number of amides is 1. The van der Waals surface area contributed by atoms with Crippen molar-refractivity contribution in [1.82, 2.24) is 10.3 Å². The zero-order valence-electron chi connectivity index (χ0n) is 18.8. The van der Waals surface area contributed by atoms with Crippen molar-refractivity contribution in [3.05, 3.63) is 101 Å². The Morgan fingerprint density at radius 2 is 1.81 bits per heavy atom. The number of nitrogens with one attached hydrogen (secondary N) is 2. The lowest BCUT2D eigenvalue weighted by Gasteiger charge is -2.15. The topological polar surface area (TPSA) is 72.5 Å². The van der Waals surface area contributed by atoms with Crippen LogP contribution in [0.15, 0.2) is 99.3 Å². The van der Waals surface area contributed by atoms with Gasteiger partial charge in [0.2, 0.25) is 0 Å². The Kier molecular flexibility index (Phi) is 8.52. The summed E-state index contributed by atoms with van der Waals surface area (Å²) in [5.74, 6) is 0.951. The minimum absolute atomic E-state index is 0.0487. The van der Waals surface area contributed by atoms with E-state index in [0.29, 0.717) is 21.5 Å². The van der Waals surface area contributed by atoms with Crippen LogP contribution in [-0.4, -0.2) is 23.1 Å². The Bertz CT molecular complexity index is 1410. The lowest BCUT2D eigenvalue weighted by molar-refractivity contribution is 0.0977. The molecule has 36 heavy (non-hydrogen) atoms. The summed E-state index contributed by atoms with van der Waals surface area (Å²) in [7, 11) is 1.61. The van der Waals surface area contributed by atoms with Gasteiger partial charge in [-0.25, -0.2) is 9.37 Å². The van der Waals surface area contributed by atoms with E-state index >= 15 is 0 Å². The Hall–Kier alpha value is -3.47. The lowest BCUT2D eigenvalue weighted by Crippen LogP contribution is -2.34. The first-order valence-electron chi connectivity index (χ1n) is 10.5. The van der Waals surface area contributed by atoms with Crippen molar-refractivity contribution in [2.24, 2.45) is 0 Å². The fourth-order valence-corrected chi connectivity index (χ4v) is 4.52. The molecule has 0 aliphatic rings. The van der Waals surface area contributed by atoms with Gasteiger partial charge in [0, 0.05) is 27.6 Å². The number of halogens is 2. The van der Waals surface area contributed by atoms with E-state index in [4.69, 9.17) is 21.7 Å². The minimum Gasteiger partial charge on any atom is -0.497 e. The van der Waals surface area contributed by atoms with Gasteiger partial charge in [-0.15, -0.1) is 0 Å². The highest BCUT2D eigenvalue weighted by Gasteiger charge is 2.15. The maximum absolute atomic E-state index is 13.6. The van der Waals surface area contributed by atoms with Crippen LogP contribution in [0.1, 0.15) is 10.4 Å². The largest absolute Gasteiger partial charge is 0.497 e. The normalized spacial score (nSPS) is 10.4. The number of ether oxygens (including phenoxy) is 2. The quantitative estimate of drug-likeness (QED) is 0.225. The van der Waals surface area contributed by atoms with Crippen LogP contribution in [0.25, 0.3) is 0 Å². The maximum atomic E-state index is 13.6. The van der Waals surface area contributed by atoms with Crippen LogP contribution in [0, 0.1) is 5.82 Å². The SMILES string of the molecule is COc1cccc(Sc2cnc(NC(=S)NC(=O)c3ccccc3)c(Oc3ccc(F)cc3Br)c2)c1. The summed E-state index contributed by atoms with van der Waals surface area (Å²) in [5.41, 5.74) is 0.464. The van der Waals surface area contributed by atoms with Crippen LogP contribution >= 0.6 is 39.9 Å². The first-order chi connectivity index (χ1) is 17.4. The number of benzene rings is 3.